The van der Waals surface area contributed by atoms with Crippen LogP contribution in [0.4, 0.5) is 17.5 Å². The van der Waals surface area contributed by atoms with Crippen molar-refractivity contribution >= 4 is 34.1 Å². The highest BCUT2D eigenvalue weighted by Gasteiger charge is 2.15. The Morgan fingerprint density at radius 3 is 2.63 bits per heavy atom. The minimum atomic E-state index is 0.346. The normalized spacial score (nSPS) is 14.7. The number of nitrogens with zero attached hydrogens (tertiary/aromatic N) is 6. The van der Waals surface area contributed by atoms with Crippen LogP contribution in [0.25, 0.3) is 16.7 Å². The maximum Gasteiger partial charge on any atom is 0.230 e. The van der Waals surface area contributed by atoms with Crippen LogP contribution in [0.5, 0.6) is 0 Å². The summed E-state index contributed by atoms with van der Waals surface area (Å²) in [5.74, 6) is 1.62. The quantitative estimate of drug-likeness (QED) is 0.542. The molecule has 0 bridgehead atoms. The van der Waals surface area contributed by atoms with E-state index in [0.29, 0.717) is 11.9 Å². The molecule has 0 atom stereocenters. The van der Waals surface area contributed by atoms with Gasteiger partial charge in [0.2, 0.25) is 5.95 Å². The number of rotatable bonds is 4. The lowest BCUT2D eigenvalue weighted by Gasteiger charge is -2.30. The van der Waals surface area contributed by atoms with Crippen molar-refractivity contribution in [2.45, 2.75) is 26.7 Å². The first-order valence-electron chi connectivity index (χ1n) is 10.4. The third-order valence-corrected chi connectivity index (χ3v) is 5.61. The van der Waals surface area contributed by atoms with E-state index in [0.717, 1.165) is 54.4 Å². The Labute approximate surface area is 175 Å². The topological polar surface area (TPSA) is 83.3 Å². The van der Waals surface area contributed by atoms with E-state index in [-0.39, 0.29) is 0 Å². The van der Waals surface area contributed by atoms with Crippen molar-refractivity contribution in [1.82, 2.24) is 29.7 Å². The molecular weight excluding hydrogens is 376 g/mol. The highest BCUT2D eigenvalue weighted by atomic mass is 15.2. The Morgan fingerprint density at radius 1 is 1.03 bits per heavy atom. The highest BCUT2D eigenvalue weighted by molar-refractivity contribution is 5.79. The van der Waals surface area contributed by atoms with Crippen LogP contribution in [0.15, 0.2) is 36.8 Å². The molecule has 1 aliphatic rings. The number of anilines is 3. The first-order chi connectivity index (χ1) is 14.6. The average molecular weight is 403 g/mol. The SMILES string of the molecule is Cc1cc(Nc2ncc3ccc4ncc(C(C)C)n4c3n2)ncc1N1CCNCC1. The molecule has 0 unspecified atom stereocenters. The number of nitrogens with one attached hydrogen (secondary N) is 2. The molecule has 154 valence electrons. The second-order valence-corrected chi connectivity index (χ2v) is 8.06. The molecule has 1 saturated heterocycles. The van der Waals surface area contributed by atoms with Gasteiger partial charge in [-0.15, -0.1) is 0 Å². The van der Waals surface area contributed by atoms with Crippen molar-refractivity contribution in [2.75, 3.05) is 36.4 Å². The molecule has 5 rings (SSSR count). The van der Waals surface area contributed by atoms with Gasteiger partial charge in [0.1, 0.15) is 11.5 Å². The summed E-state index contributed by atoms with van der Waals surface area (Å²) in [5, 5.41) is 7.64. The number of hydrogen-bond acceptors (Lipinski definition) is 7. The third-order valence-electron chi connectivity index (χ3n) is 5.61. The lowest BCUT2D eigenvalue weighted by atomic mass is 10.1. The van der Waals surface area contributed by atoms with Crippen LogP contribution < -0.4 is 15.5 Å². The van der Waals surface area contributed by atoms with Gasteiger partial charge >= 0.3 is 0 Å². The maximum atomic E-state index is 4.80. The fraction of sp³-hybridized carbons (Fsp3) is 0.364. The molecule has 8 heteroatoms. The van der Waals surface area contributed by atoms with Crippen LogP contribution in [0.1, 0.15) is 31.0 Å². The molecule has 0 aromatic carbocycles. The number of pyridine rings is 2. The van der Waals surface area contributed by atoms with E-state index >= 15 is 0 Å². The molecule has 0 radical (unpaired) electrons. The minimum Gasteiger partial charge on any atom is -0.368 e. The highest BCUT2D eigenvalue weighted by Crippen LogP contribution is 2.25. The van der Waals surface area contributed by atoms with Crippen LogP contribution in [0.2, 0.25) is 0 Å². The van der Waals surface area contributed by atoms with Gasteiger partial charge in [-0.2, -0.15) is 4.98 Å². The van der Waals surface area contributed by atoms with E-state index < -0.39 is 0 Å². The maximum absolute atomic E-state index is 4.80. The first kappa shape index (κ1) is 18.7. The van der Waals surface area contributed by atoms with Gasteiger partial charge in [-0.25, -0.2) is 15.0 Å². The van der Waals surface area contributed by atoms with Crippen molar-refractivity contribution in [3.63, 3.8) is 0 Å². The van der Waals surface area contributed by atoms with E-state index in [2.05, 4.69) is 61.7 Å². The predicted molar refractivity (Wildman–Crippen MR) is 120 cm³/mol. The Balaban J connectivity index is 1.48. The largest absolute Gasteiger partial charge is 0.368 e. The summed E-state index contributed by atoms with van der Waals surface area (Å²) >= 11 is 0. The smallest absolute Gasteiger partial charge is 0.230 e. The Hall–Kier alpha value is -3.26. The van der Waals surface area contributed by atoms with Crippen molar-refractivity contribution in [2.24, 2.45) is 0 Å². The van der Waals surface area contributed by atoms with E-state index in [1.165, 1.54) is 11.3 Å². The second-order valence-electron chi connectivity index (χ2n) is 8.06. The standard InChI is InChI=1S/C22H26N8/c1-14(2)17-12-25-20-5-4-16-11-26-22(28-21(16)30(17)20)27-19-10-15(3)18(13-24-19)29-8-6-23-7-9-29/h4-5,10-14,23H,6-9H2,1-3H3,(H,24,26,27,28). The van der Waals surface area contributed by atoms with Gasteiger partial charge in [0.25, 0.3) is 0 Å². The molecular formula is C22H26N8. The van der Waals surface area contributed by atoms with Crippen LogP contribution >= 0.6 is 0 Å². The molecule has 5 heterocycles. The Kier molecular flexibility index (Phi) is 4.71. The number of aryl methyl sites for hydroxylation is 1. The zero-order valence-corrected chi connectivity index (χ0v) is 17.6. The average Bonchev–Trinajstić information content (AvgIpc) is 3.20. The number of hydrogen-bond donors (Lipinski definition) is 2. The minimum absolute atomic E-state index is 0.346. The first-order valence-corrected chi connectivity index (χ1v) is 10.4. The number of fused-ring (bicyclic) bond motifs is 3. The van der Waals surface area contributed by atoms with Crippen LogP contribution in [-0.2, 0) is 0 Å². The lowest BCUT2D eigenvalue weighted by molar-refractivity contribution is 0.588. The molecule has 30 heavy (non-hydrogen) atoms. The monoisotopic (exact) mass is 402 g/mol. The molecule has 2 N–H and O–H groups in total. The summed E-state index contributed by atoms with van der Waals surface area (Å²) in [6.07, 6.45) is 5.71. The molecule has 4 aromatic rings. The van der Waals surface area contributed by atoms with Crippen molar-refractivity contribution < 1.29 is 0 Å². The predicted octanol–water partition coefficient (Wildman–Crippen LogP) is 3.26. The molecule has 1 fully saturated rings. The summed E-state index contributed by atoms with van der Waals surface area (Å²) in [6, 6.07) is 6.07. The third kappa shape index (κ3) is 3.33. The van der Waals surface area contributed by atoms with Crippen molar-refractivity contribution in [1.29, 1.82) is 0 Å². The van der Waals surface area contributed by atoms with Gasteiger partial charge in [-0.1, -0.05) is 13.8 Å². The van der Waals surface area contributed by atoms with Gasteiger partial charge in [0.05, 0.1) is 11.9 Å². The fourth-order valence-corrected chi connectivity index (χ4v) is 4.01. The number of imidazole rings is 1. The molecule has 4 aromatic heterocycles. The molecule has 0 saturated carbocycles. The van der Waals surface area contributed by atoms with Gasteiger partial charge in [0, 0.05) is 49.7 Å². The summed E-state index contributed by atoms with van der Waals surface area (Å²) in [7, 11) is 0. The van der Waals surface area contributed by atoms with E-state index in [1.54, 1.807) is 0 Å². The van der Waals surface area contributed by atoms with Gasteiger partial charge < -0.3 is 15.5 Å². The van der Waals surface area contributed by atoms with Crippen LogP contribution in [-0.4, -0.2) is 50.5 Å². The van der Waals surface area contributed by atoms with Crippen LogP contribution in [0.3, 0.4) is 0 Å². The van der Waals surface area contributed by atoms with E-state index in [1.807, 2.05) is 30.7 Å². The molecule has 0 aliphatic carbocycles. The zero-order chi connectivity index (χ0) is 20.7. The van der Waals surface area contributed by atoms with Crippen molar-refractivity contribution in [3.05, 3.63) is 48.0 Å². The molecule has 8 nitrogen and oxygen atoms in total. The number of aromatic nitrogens is 5. The Bertz CT molecular complexity index is 1210. The summed E-state index contributed by atoms with van der Waals surface area (Å²) in [5.41, 5.74) is 5.25. The number of piperazine rings is 1. The summed E-state index contributed by atoms with van der Waals surface area (Å²) in [4.78, 5) is 20.8. The Morgan fingerprint density at radius 2 is 1.87 bits per heavy atom. The molecule has 0 spiro atoms. The van der Waals surface area contributed by atoms with Gasteiger partial charge in [-0.05, 0) is 36.6 Å². The van der Waals surface area contributed by atoms with Crippen LogP contribution in [0, 0.1) is 6.92 Å². The fourth-order valence-electron chi connectivity index (χ4n) is 4.01. The summed E-state index contributed by atoms with van der Waals surface area (Å²) < 4.78 is 2.11. The lowest BCUT2D eigenvalue weighted by Crippen LogP contribution is -2.43. The molecule has 1 aliphatic heterocycles. The van der Waals surface area contributed by atoms with Gasteiger partial charge in [-0.3, -0.25) is 4.40 Å². The van der Waals surface area contributed by atoms with E-state index in [9.17, 15) is 0 Å². The second kappa shape index (κ2) is 7.53. The van der Waals surface area contributed by atoms with Crippen molar-refractivity contribution in [3.8, 4) is 0 Å². The van der Waals surface area contributed by atoms with Gasteiger partial charge in [0.15, 0.2) is 5.65 Å². The molecule has 0 amide bonds. The zero-order valence-electron chi connectivity index (χ0n) is 17.6. The van der Waals surface area contributed by atoms with E-state index in [4.69, 9.17) is 4.98 Å². The summed E-state index contributed by atoms with van der Waals surface area (Å²) in [6.45, 7) is 10.5.